The smallest absolute Gasteiger partial charge is 0.306 e. The summed E-state index contributed by atoms with van der Waals surface area (Å²) in [4.78, 5) is 10.9. The maximum absolute atomic E-state index is 12.3. The zero-order valence-electron chi connectivity index (χ0n) is 13.5. The van der Waals surface area contributed by atoms with Crippen molar-refractivity contribution < 1.29 is 23.1 Å². The van der Waals surface area contributed by atoms with E-state index < -0.39 is 21.9 Å². The maximum atomic E-state index is 12.3. The van der Waals surface area contributed by atoms with Crippen molar-refractivity contribution in [1.82, 2.24) is 4.72 Å². The largest absolute Gasteiger partial charge is 0.492 e. The van der Waals surface area contributed by atoms with Gasteiger partial charge in [0.05, 0.1) is 17.7 Å². The third kappa shape index (κ3) is 3.34. The summed E-state index contributed by atoms with van der Waals surface area (Å²) in [5, 5.41) is 11.1. The molecule has 1 heterocycles. The van der Waals surface area contributed by atoms with E-state index in [-0.39, 0.29) is 24.3 Å². The second-order valence-electron chi connectivity index (χ2n) is 6.82. The van der Waals surface area contributed by atoms with E-state index in [1.165, 1.54) is 0 Å². The lowest BCUT2D eigenvalue weighted by Gasteiger charge is -2.27. The quantitative estimate of drug-likeness (QED) is 0.847. The third-order valence-electron chi connectivity index (χ3n) is 4.91. The standard InChI is InChI=1S/C18H19NO5S/c20-18(21)15-7-12(15)10-25(22,23)19-13-8-16-14-4-2-1-3-11(14)5-6-17(16)24-9-13/h1-6,12-13,15,19H,7-10H2,(H,20,21)/t12-,13+,15+/m0/s1. The Morgan fingerprint density at radius 3 is 2.80 bits per heavy atom. The van der Waals surface area contributed by atoms with Crippen LogP contribution in [0.2, 0.25) is 0 Å². The zero-order chi connectivity index (χ0) is 17.6. The molecule has 4 rings (SSSR count). The van der Waals surface area contributed by atoms with Crippen molar-refractivity contribution in [3.8, 4) is 5.75 Å². The summed E-state index contributed by atoms with van der Waals surface area (Å²) in [6, 6.07) is 11.5. The van der Waals surface area contributed by atoms with E-state index in [0.717, 1.165) is 22.1 Å². The molecule has 0 aromatic heterocycles. The van der Waals surface area contributed by atoms with Crippen LogP contribution in [0.25, 0.3) is 10.8 Å². The summed E-state index contributed by atoms with van der Waals surface area (Å²) in [5.74, 6) is -1.07. The van der Waals surface area contributed by atoms with Crippen LogP contribution in [-0.2, 0) is 21.2 Å². The van der Waals surface area contributed by atoms with Crippen molar-refractivity contribution in [2.75, 3.05) is 12.4 Å². The lowest BCUT2D eigenvalue weighted by molar-refractivity contribution is -0.138. The molecule has 6 nitrogen and oxygen atoms in total. The van der Waals surface area contributed by atoms with E-state index in [1.54, 1.807) is 0 Å². The number of aliphatic carboxylic acids is 1. The molecule has 0 saturated heterocycles. The van der Waals surface area contributed by atoms with Crippen LogP contribution in [0.5, 0.6) is 5.75 Å². The minimum Gasteiger partial charge on any atom is -0.492 e. The van der Waals surface area contributed by atoms with Crippen LogP contribution in [0.3, 0.4) is 0 Å². The highest BCUT2D eigenvalue weighted by Gasteiger charge is 2.45. The summed E-state index contributed by atoms with van der Waals surface area (Å²) in [7, 11) is -3.53. The number of rotatable bonds is 5. The molecule has 1 saturated carbocycles. The highest BCUT2D eigenvalue weighted by Crippen LogP contribution is 2.39. The van der Waals surface area contributed by atoms with Crippen LogP contribution in [0, 0.1) is 11.8 Å². The molecule has 25 heavy (non-hydrogen) atoms. The molecule has 0 spiro atoms. The summed E-state index contributed by atoms with van der Waals surface area (Å²) >= 11 is 0. The second kappa shape index (κ2) is 6.00. The van der Waals surface area contributed by atoms with Gasteiger partial charge in [0.25, 0.3) is 0 Å². The first-order valence-corrected chi connectivity index (χ1v) is 9.94. The molecule has 7 heteroatoms. The Labute approximate surface area is 145 Å². The van der Waals surface area contributed by atoms with Crippen LogP contribution in [-0.4, -0.2) is 37.9 Å². The van der Waals surface area contributed by atoms with Gasteiger partial charge in [-0.3, -0.25) is 4.79 Å². The topological polar surface area (TPSA) is 92.7 Å². The molecule has 2 aliphatic rings. The Bertz CT molecular complexity index is 940. The molecule has 1 fully saturated rings. The Hall–Kier alpha value is -2.12. The Balaban J connectivity index is 1.49. The molecule has 0 amide bonds. The van der Waals surface area contributed by atoms with Crippen molar-refractivity contribution in [3.05, 3.63) is 42.0 Å². The number of hydrogen-bond acceptors (Lipinski definition) is 4. The summed E-state index contributed by atoms with van der Waals surface area (Å²) < 4.78 is 33.1. The first kappa shape index (κ1) is 16.4. The number of sulfonamides is 1. The predicted octanol–water partition coefficient (Wildman–Crippen LogP) is 1.78. The molecule has 0 unspecified atom stereocenters. The van der Waals surface area contributed by atoms with Gasteiger partial charge in [-0.25, -0.2) is 13.1 Å². The van der Waals surface area contributed by atoms with Gasteiger partial charge >= 0.3 is 5.97 Å². The second-order valence-corrected chi connectivity index (χ2v) is 8.61. The van der Waals surface area contributed by atoms with E-state index in [2.05, 4.69) is 4.72 Å². The van der Waals surface area contributed by atoms with E-state index >= 15 is 0 Å². The van der Waals surface area contributed by atoms with Gasteiger partial charge in [-0.15, -0.1) is 0 Å². The van der Waals surface area contributed by atoms with Crippen LogP contribution in [0.1, 0.15) is 12.0 Å². The van der Waals surface area contributed by atoms with Crippen molar-refractivity contribution in [2.24, 2.45) is 11.8 Å². The molecule has 0 radical (unpaired) electrons. The van der Waals surface area contributed by atoms with Crippen molar-refractivity contribution in [2.45, 2.75) is 18.9 Å². The fraction of sp³-hybridized carbons (Fsp3) is 0.389. The van der Waals surface area contributed by atoms with Crippen LogP contribution in [0.4, 0.5) is 0 Å². The van der Waals surface area contributed by atoms with E-state index in [4.69, 9.17) is 9.84 Å². The molecular weight excluding hydrogens is 342 g/mol. The van der Waals surface area contributed by atoms with Crippen molar-refractivity contribution in [1.29, 1.82) is 0 Å². The molecule has 2 aromatic rings. The van der Waals surface area contributed by atoms with Gasteiger partial charge in [-0.2, -0.15) is 0 Å². The highest BCUT2D eigenvalue weighted by molar-refractivity contribution is 7.89. The van der Waals surface area contributed by atoms with Gasteiger partial charge in [0.2, 0.25) is 10.0 Å². The fourth-order valence-corrected chi connectivity index (χ4v) is 5.24. The van der Waals surface area contributed by atoms with Gasteiger partial charge < -0.3 is 9.84 Å². The number of nitrogens with one attached hydrogen (secondary N) is 1. The Kier molecular flexibility index (Phi) is 3.92. The summed E-state index contributed by atoms with van der Waals surface area (Å²) in [6.45, 7) is 0.275. The molecular formula is C18H19NO5S. The first-order valence-electron chi connectivity index (χ1n) is 8.29. The molecule has 1 aliphatic heterocycles. The monoisotopic (exact) mass is 361 g/mol. The van der Waals surface area contributed by atoms with E-state index in [1.807, 2.05) is 36.4 Å². The van der Waals surface area contributed by atoms with Gasteiger partial charge in [-0.1, -0.05) is 30.3 Å². The van der Waals surface area contributed by atoms with Gasteiger partial charge in [0.1, 0.15) is 12.4 Å². The molecule has 132 valence electrons. The Morgan fingerprint density at radius 1 is 1.24 bits per heavy atom. The fourth-order valence-electron chi connectivity index (χ4n) is 3.55. The number of ether oxygens (including phenoxy) is 1. The molecule has 2 N–H and O–H groups in total. The number of hydrogen-bond donors (Lipinski definition) is 2. The Morgan fingerprint density at radius 2 is 2.04 bits per heavy atom. The minimum atomic E-state index is -3.53. The van der Waals surface area contributed by atoms with Crippen molar-refractivity contribution in [3.63, 3.8) is 0 Å². The zero-order valence-corrected chi connectivity index (χ0v) is 14.3. The van der Waals surface area contributed by atoms with Gasteiger partial charge in [0, 0.05) is 5.56 Å². The molecule has 0 bridgehead atoms. The van der Waals surface area contributed by atoms with Gasteiger partial charge in [-0.05, 0) is 35.6 Å². The lowest BCUT2D eigenvalue weighted by Crippen LogP contribution is -2.44. The van der Waals surface area contributed by atoms with Crippen LogP contribution < -0.4 is 9.46 Å². The van der Waals surface area contributed by atoms with Crippen molar-refractivity contribution >= 4 is 26.8 Å². The number of benzene rings is 2. The summed E-state index contributed by atoms with van der Waals surface area (Å²) in [5.41, 5.74) is 1.01. The average molecular weight is 361 g/mol. The number of carboxylic acids is 1. The maximum Gasteiger partial charge on any atom is 0.306 e. The van der Waals surface area contributed by atoms with E-state index in [9.17, 15) is 13.2 Å². The molecule has 2 aromatic carbocycles. The number of fused-ring (bicyclic) bond motifs is 3. The SMILES string of the molecule is O=C(O)[C@@H]1C[C@H]1CS(=O)(=O)N[C@H]1COc2ccc3ccccc3c2C1. The first-order chi connectivity index (χ1) is 11.9. The highest BCUT2D eigenvalue weighted by atomic mass is 32.2. The summed E-state index contributed by atoms with van der Waals surface area (Å²) in [6.07, 6.45) is 0.994. The third-order valence-corrected chi connectivity index (χ3v) is 6.47. The lowest BCUT2D eigenvalue weighted by atomic mass is 9.96. The average Bonchev–Trinajstić information content (AvgIpc) is 3.33. The molecule has 3 atom stereocenters. The minimum absolute atomic E-state index is 0.136. The van der Waals surface area contributed by atoms with Crippen LogP contribution >= 0.6 is 0 Å². The van der Waals surface area contributed by atoms with E-state index in [0.29, 0.717) is 12.8 Å². The predicted molar refractivity (Wildman–Crippen MR) is 93.1 cm³/mol. The van der Waals surface area contributed by atoms with Gasteiger partial charge in [0.15, 0.2) is 0 Å². The number of carbonyl (C=O) groups is 1. The number of carboxylic acid groups (broad SMARTS) is 1. The van der Waals surface area contributed by atoms with Crippen LogP contribution in [0.15, 0.2) is 36.4 Å². The molecule has 1 aliphatic carbocycles. The normalized spacial score (nSPS) is 25.2.